The molecule has 1 aliphatic rings. The molecular weight excluding hydrogens is 832 g/mol. The molecular formula is C28H30Cl6N4O6Zn2. The van der Waals surface area contributed by atoms with Crippen molar-refractivity contribution in [3.05, 3.63) is 57.6 Å². The molecule has 2 aromatic rings. The van der Waals surface area contributed by atoms with E-state index in [0.717, 1.165) is 25.0 Å². The molecule has 10 nitrogen and oxygen atoms in total. The van der Waals surface area contributed by atoms with E-state index in [1.54, 1.807) is 24.9 Å². The first-order valence-corrected chi connectivity index (χ1v) is 14.9. The second kappa shape index (κ2) is 30.9. The Bertz CT molecular complexity index is 1120. The fourth-order valence-electron chi connectivity index (χ4n) is 2.93. The molecule has 0 aliphatic carbocycles. The van der Waals surface area contributed by atoms with Crippen molar-refractivity contribution in [2.45, 2.75) is 36.3 Å². The molecule has 0 aromatic heterocycles. The summed E-state index contributed by atoms with van der Waals surface area (Å²) in [6.07, 6.45) is 6.33. The minimum atomic E-state index is -1.08. The molecule has 18 heteroatoms. The van der Waals surface area contributed by atoms with Crippen molar-refractivity contribution in [2.75, 3.05) is 26.2 Å². The topological polar surface area (TPSA) is 176 Å². The summed E-state index contributed by atoms with van der Waals surface area (Å²) in [6.45, 7) is 7.54. The van der Waals surface area contributed by atoms with E-state index in [1.165, 1.54) is 0 Å². The normalized spacial score (nSPS) is 11.6. The zero-order valence-electron chi connectivity index (χ0n) is 25.5. The molecule has 0 atom stereocenters. The number of carboxylic acids is 2. The maximum Gasteiger partial charge on any atom is 2.00 e. The number of aliphatic carboxylic acids is 2. The fraction of sp³-hybridized carbons (Fsp3) is 0.357. The van der Waals surface area contributed by atoms with Crippen LogP contribution in [-0.2, 0) is 48.5 Å². The van der Waals surface area contributed by atoms with E-state index in [-0.39, 0.29) is 50.5 Å². The molecule has 0 amide bonds. The second-order valence-electron chi connectivity index (χ2n) is 8.16. The molecule has 1 heterocycles. The van der Waals surface area contributed by atoms with Crippen LogP contribution in [0.3, 0.4) is 0 Å². The molecule has 0 saturated carbocycles. The van der Waals surface area contributed by atoms with Gasteiger partial charge in [0.05, 0.1) is 26.2 Å². The predicted molar refractivity (Wildman–Crippen MR) is 175 cm³/mol. The maximum atomic E-state index is 12.5. The van der Waals surface area contributed by atoms with Gasteiger partial charge in [-0.2, -0.15) is 0 Å². The summed E-state index contributed by atoms with van der Waals surface area (Å²) >= 11 is 28.8. The van der Waals surface area contributed by atoms with Crippen LogP contribution in [0.5, 0.6) is 11.5 Å². The monoisotopic (exact) mass is 856 g/mol. The summed E-state index contributed by atoms with van der Waals surface area (Å²) in [5.41, 5.74) is 4.10. The molecule has 0 radical (unpaired) electrons. The predicted octanol–water partition coefficient (Wildman–Crippen LogP) is 3.32. The number of carboxylic acid groups (broad SMARTS) is 2. The molecule has 3 rings (SSSR count). The Hall–Kier alpha value is -1.35. The Labute approximate surface area is 324 Å². The van der Waals surface area contributed by atoms with Crippen molar-refractivity contribution in [1.29, 1.82) is 0 Å². The number of aryl methyl sites for hydroxylation is 2. The number of nitrogens with zero attached hydrogens (tertiary/aromatic N) is 4. The Balaban J connectivity index is -0.000000410. The zero-order chi connectivity index (χ0) is 34.2. The van der Waals surface area contributed by atoms with Crippen molar-refractivity contribution in [2.24, 2.45) is 20.0 Å². The van der Waals surface area contributed by atoms with Crippen LogP contribution in [0.4, 0.5) is 0 Å². The molecule has 2 aromatic carbocycles. The molecule has 0 fully saturated rings. The number of alkyl halides is 6. The van der Waals surface area contributed by atoms with Crippen LogP contribution >= 0.6 is 69.6 Å². The van der Waals surface area contributed by atoms with Gasteiger partial charge in [-0.3, -0.25) is 20.0 Å². The standard InChI is InChI=1S/C22H24N4O2.2C2H4O2.2CHCl3.2Zn/c1-15-7-17-11-23-3-5-25-13-19-9-16(2)10-20(22(19)28)14-26-6-4-24-12-18(8-15)21(17)27;2*1-2(3)4;2*2-1(3)4;;/h7-14,27-28H,3-6H2,1-2H3;2*1H3,(H,3,4);2*1H;;/q;;;;;2*+2/p-4. The van der Waals surface area contributed by atoms with Crippen LogP contribution in [-0.4, -0.2) is 71.6 Å². The zero-order valence-corrected chi connectivity index (χ0v) is 36.0. The Morgan fingerprint density at radius 1 is 0.565 bits per heavy atom. The van der Waals surface area contributed by atoms with Crippen LogP contribution in [0.2, 0.25) is 0 Å². The second-order valence-corrected chi connectivity index (χ2v) is 12.1. The smallest absolute Gasteiger partial charge is 0.872 e. The van der Waals surface area contributed by atoms with Crippen molar-refractivity contribution >= 4 is 106 Å². The number of aliphatic imine (C=N–C) groups is 4. The van der Waals surface area contributed by atoms with Crippen LogP contribution < -0.4 is 20.4 Å². The molecule has 0 spiro atoms. The summed E-state index contributed by atoms with van der Waals surface area (Å²) in [7, 11) is 0. The van der Waals surface area contributed by atoms with Gasteiger partial charge in [0, 0.05) is 36.8 Å². The van der Waals surface area contributed by atoms with Gasteiger partial charge in [-0.15, -0.1) is 0 Å². The number of fused-ring (bicyclic) bond motifs is 4. The molecule has 1 aliphatic heterocycles. The number of halogens is 6. The van der Waals surface area contributed by atoms with Crippen molar-refractivity contribution < 1.29 is 69.0 Å². The van der Waals surface area contributed by atoms with Gasteiger partial charge in [0.25, 0.3) is 0 Å². The van der Waals surface area contributed by atoms with Gasteiger partial charge in [0.15, 0.2) is 8.59 Å². The van der Waals surface area contributed by atoms with Gasteiger partial charge in [0.1, 0.15) is 0 Å². The van der Waals surface area contributed by atoms with E-state index in [9.17, 15) is 10.2 Å². The number of benzene rings is 2. The van der Waals surface area contributed by atoms with Crippen molar-refractivity contribution in [3.63, 3.8) is 0 Å². The maximum absolute atomic E-state index is 12.5. The van der Waals surface area contributed by atoms with Crippen LogP contribution in [0, 0.1) is 13.8 Å². The van der Waals surface area contributed by atoms with Crippen LogP contribution in [0.15, 0.2) is 44.2 Å². The first-order chi connectivity index (χ1) is 20.5. The summed E-state index contributed by atoms with van der Waals surface area (Å²) < 4.78 is -1.50. The van der Waals surface area contributed by atoms with Crippen LogP contribution in [0.25, 0.3) is 0 Å². The van der Waals surface area contributed by atoms with E-state index >= 15 is 0 Å². The third kappa shape index (κ3) is 31.3. The van der Waals surface area contributed by atoms with Crippen LogP contribution in [0.1, 0.15) is 47.2 Å². The minimum Gasteiger partial charge on any atom is -0.872 e. The first kappa shape index (κ1) is 51.5. The van der Waals surface area contributed by atoms with E-state index in [4.69, 9.17) is 89.4 Å². The quantitative estimate of drug-likeness (QED) is 0.290. The van der Waals surface area contributed by atoms with E-state index < -0.39 is 20.5 Å². The Kier molecular flexibility index (Phi) is 34.6. The van der Waals surface area contributed by atoms with Gasteiger partial charge >= 0.3 is 39.0 Å². The van der Waals surface area contributed by atoms with Gasteiger partial charge in [-0.05, 0) is 61.1 Å². The average Bonchev–Trinajstić information content (AvgIpc) is 2.86. The number of rotatable bonds is 0. The summed E-state index contributed by atoms with van der Waals surface area (Å²) in [4.78, 5) is 35.0. The van der Waals surface area contributed by atoms with Gasteiger partial charge < -0.3 is 30.0 Å². The summed E-state index contributed by atoms with van der Waals surface area (Å²) in [5.74, 6) is -2.35. The average molecular weight is 862 g/mol. The molecule has 0 saturated heterocycles. The van der Waals surface area contributed by atoms with Gasteiger partial charge in [-0.25, -0.2) is 0 Å². The minimum absolute atomic E-state index is 0. The fourth-order valence-corrected chi connectivity index (χ4v) is 2.93. The van der Waals surface area contributed by atoms with E-state index in [0.29, 0.717) is 48.4 Å². The molecule has 46 heavy (non-hydrogen) atoms. The summed E-state index contributed by atoms with van der Waals surface area (Å²) in [5, 5.41) is 42.8. The molecule has 244 valence electrons. The first-order valence-electron chi connectivity index (χ1n) is 12.3. The number of carbonyl (C=O) groups is 2. The number of hydrogen-bond donors (Lipinski definition) is 0. The number of hydrogen-bond acceptors (Lipinski definition) is 10. The number of carbonyl (C=O) groups excluding carboxylic acids is 2. The molecule has 4 bridgehead atoms. The third-order valence-corrected chi connectivity index (χ3v) is 4.22. The Morgan fingerprint density at radius 3 is 0.870 bits per heavy atom. The van der Waals surface area contributed by atoms with Gasteiger partial charge in [-0.1, -0.05) is 105 Å². The van der Waals surface area contributed by atoms with E-state index in [1.807, 2.05) is 38.1 Å². The largest absolute Gasteiger partial charge is 2.00 e. The molecule has 0 unspecified atom stereocenters. The SMILES string of the molecule is CC(=O)[O-].CC(=O)[O-].Cc1cc2c([O-])c(c1)C=NCCN=Cc1cc(C)cc(c1[O-])C=NCCN=C2.ClC(Cl)Cl.ClC(Cl)Cl.[Zn+2].[Zn+2]. The third-order valence-electron chi connectivity index (χ3n) is 4.22. The van der Waals surface area contributed by atoms with Gasteiger partial charge in [0.2, 0.25) is 0 Å². The van der Waals surface area contributed by atoms with Crippen molar-refractivity contribution in [3.8, 4) is 11.5 Å². The molecule has 0 N–H and O–H groups in total. The summed E-state index contributed by atoms with van der Waals surface area (Å²) in [6, 6.07) is 7.25. The Morgan fingerprint density at radius 2 is 0.717 bits per heavy atom. The van der Waals surface area contributed by atoms with Crippen molar-refractivity contribution in [1.82, 2.24) is 0 Å². The van der Waals surface area contributed by atoms with E-state index in [2.05, 4.69) is 20.0 Å².